The Hall–Kier alpha value is -0.330. The van der Waals surface area contributed by atoms with E-state index in [1.54, 1.807) is 0 Å². The Morgan fingerprint density at radius 2 is 1.87 bits per heavy atom. The number of hydrogen-bond acceptors (Lipinski definition) is 2. The van der Waals surface area contributed by atoms with Crippen LogP contribution in [0.2, 0.25) is 0 Å². The van der Waals surface area contributed by atoms with Gasteiger partial charge in [0.25, 0.3) is 0 Å². The highest BCUT2D eigenvalue weighted by atomic mass is 127. The van der Waals surface area contributed by atoms with Crippen LogP contribution in [0.15, 0.2) is 24.3 Å². The molecule has 84 valence electrons. The molecule has 0 radical (unpaired) electrons. The van der Waals surface area contributed by atoms with E-state index in [0.29, 0.717) is 0 Å². The van der Waals surface area contributed by atoms with Gasteiger partial charge in [0.05, 0.1) is 0 Å². The Morgan fingerprint density at radius 1 is 1.40 bits per heavy atom. The van der Waals surface area contributed by atoms with Gasteiger partial charge < -0.3 is 10.8 Å². The zero-order valence-corrected chi connectivity index (χ0v) is 11.2. The van der Waals surface area contributed by atoms with E-state index < -0.39 is 12.0 Å². The Morgan fingerprint density at radius 3 is 2.27 bits per heavy atom. The van der Waals surface area contributed by atoms with Gasteiger partial charge in [-0.3, -0.25) is 4.79 Å². The average molecular weight is 342 g/mol. The number of benzene rings is 1. The summed E-state index contributed by atoms with van der Waals surface area (Å²) in [6.45, 7) is 1.82. The molecule has 3 N–H and O–H groups in total. The van der Waals surface area contributed by atoms with Crippen molar-refractivity contribution in [2.75, 3.05) is 0 Å². The number of halogens is 2. The van der Waals surface area contributed by atoms with Crippen molar-refractivity contribution in [1.82, 2.24) is 0 Å². The van der Waals surface area contributed by atoms with Crippen molar-refractivity contribution in [3.05, 3.63) is 33.4 Å². The molecule has 0 saturated carbocycles. The van der Waals surface area contributed by atoms with Crippen molar-refractivity contribution in [2.24, 2.45) is 5.73 Å². The van der Waals surface area contributed by atoms with Gasteiger partial charge in [-0.15, -0.1) is 12.4 Å². The molecule has 1 unspecified atom stereocenters. The highest BCUT2D eigenvalue weighted by Crippen LogP contribution is 2.19. The lowest BCUT2D eigenvalue weighted by Gasteiger charge is -2.16. The third-order valence-corrected chi connectivity index (χ3v) is 2.94. The monoisotopic (exact) mass is 341 g/mol. The van der Waals surface area contributed by atoms with Crippen molar-refractivity contribution in [3.8, 4) is 0 Å². The van der Waals surface area contributed by atoms with Crippen LogP contribution in [0, 0.1) is 3.57 Å². The number of carboxylic acid groups (broad SMARTS) is 1. The van der Waals surface area contributed by atoms with E-state index in [4.69, 9.17) is 10.8 Å². The Kier molecular flexibility index (Phi) is 6.16. The first-order chi connectivity index (χ1) is 6.52. The normalized spacial score (nSPS) is 13.8. The Bertz CT molecular complexity index is 329. The number of carboxylic acids is 1. The molecule has 0 amide bonds. The van der Waals surface area contributed by atoms with Crippen LogP contribution in [0.1, 0.15) is 18.4 Å². The summed E-state index contributed by atoms with van der Waals surface area (Å²) in [5, 5.41) is 8.74. The Labute approximate surface area is 109 Å². The molecule has 0 aliphatic carbocycles. The standard InChI is InChI=1S/C10H12INO2.ClH/c1-6(9(12)10(13)14)7-2-4-8(11)5-3-7;/h2-6,9H,12H2,1H3,(H,13,14);1H/t6?,9-;/m0./s1. The minimum absolute atomic E-state index is 0. The molecular weight excluding hydrogens is 328 g/mol. The molecule has 0 aromatic heterocycles. The van der Waals surface area contributed by atoms with E-state index in [9.17, 15) is 4.79 Å². The molecule has 0 saturated heterocycles. The summed E-state index contributed by atoms with van der Waals surface area (Å²) in [6.07, 6.45) is 0. The smallest absolute Gasteiger partial charge is 0.321 e. The predicted octanol–water partition coefficient (Wildman–Crippen LogP) is 2.23. The number of aliphatic carboxylic acids is 1. The van der Waals surface area contributed by atoms with Crippen LogP contribution >= 0.6 is 35.0 Å². The van der Waals surface area contributed by atoms with Gasteiger partial charge in [-0.1, -0.05) is 19.1 Å². The van der Waals surface area contributed by atoms with Crippen LogP contribution in [0.25, 0.3) is 0 Å². The van der Waals surface area contributed by atoms with Gasteiger partial charge in [-0.2, -0.15) is 0 Å². The molecule has 1 aromatic carbocycles. The van der Waals surface area contributed by atoms with E-state index in [0.717, 1.165) is 9.13 Å². The van der Waals surface area contributed by atoms with Crippen LogP contribution in [0.3, 0.4) is 0 Å². The van der Waals surface area contributed by atoms with E-state index in [-0.39, 0.29) is 18.3 Å². The second kappa shape index (κ2) is 6.30. The van der Waals surface area contributed by atoms with Gasteiger partial charge in [0, 0.05) is 9.49 Å². The van der Waals surface area contributed by atoms with Gasteiger partial charge in [0.2, 0.25) is 0 Å². The first kappa shape index (κ1) is 14.7. The summed E-state index contributed by atoms with van der Waals surface area (Å²) in [7, 11) is 0. The fraction of sp³-hybridized carbons (Fsp3) is 0.300. The maximum Gasteiger partial charge on any atom is 0.321 e. The van der Waals surface area contributed by atoms with E-state index >= 15 is 0 Å². The summed E-state index contributed by atoms with van der Waals surface area (Å²) in [5.74, 6) is -1.12. The molecule has 1 rings (SSSR count). The lowest BCUT2D eigenvalue weighted by atomic mass is 9.94. The summed E-state index contributed by atoms with van der Waals surface area (Å²) >= 11 is 2.20. The summed E-state index contributed by atoms with van der Waals surface area (Å²) < 4.78 is 1.13. The molecule has 3 nitrogen and oxygen atoms in total. The number of hydrogen-bond donors (Lipinski definition) is 2. The van der Waals surface area contributed by atoms with Crippen molar-refractivity contribution in [2.45, 2.75) is 18.9 Å². The first-order valence-electron chi connectivity index (χ1n) is 4.26. The zero-order chi connectivity index (χ0) is 10.7. The highest BCUT2D eigenvalue weighted by Gasteiger charge is 2.20. The largest absolute Gasteiger partial charge is 0.480 e. The minimum Gasteiger partial charge on any atom is -0.480 e. The molecule has 15 heavy (non-hydrogen) atoms. The summed E-state index contributed by atoms with van der Waals surface area (Å²) in [4.78, 5) is 10.7. The second-order valence-electron chi connectivity index (χ2n) is 3.20. The maximum atomic E-state index is 10.7. The average Bonchev–Trinajstić information content (AvgIpc) is 2.16. The molecule has 0 spiro atoms. The van der Waals surface area contributed by atoms with Gasteiger partial charge in [-0.25, -0.2) is 0 Å². The predicted molar refractivity (Wildman–Crippen MR) is 70.4 cm³/mol. The molecule has 0 aliphatic heterocycles. The molecule has 5 heteroatoms. The van der Waals surface area contributed by atoms with Crippen LogP contribution in [-0.2, 0) is 4.79 Å². The van der Waals surface area contributed by atoms with E-state index in [1.165, 1.54) is 0 Å². The second-order valence-corrected chi connectivity index (χ2v) is 4.45. The third-order valence-electron chi connectivity index (χ3n) is 2.22. The van der Waals surface area contributed by atoms with Crippen LogP contribution in [0.4, 0.5) is 0 Å². The van der Waals surface area contributed by atoms with Gasteiger partial charge in [0.15, 0.2) is 0 Å². The first-order valence-corrected chi connectivity index (χ1v) is 5.34. The Balaban J connectivity index is 0.00000196. The SMILES string of the molecule is CC(c1ccc(I)cc1)[C@H](N)C(=O)O.Cl. The molecule has 0 fully saturated rings. The van der Waals surface area contributed by atoms with Crippen LogP contribution in [-0.4, -0.2) is 17.1 Å². The lowest BCUT2D eigenvalue weighted by molar-refractivity contribution is -0.139. The van der Waals surface area contributed by atoms with Crippen molar-refractivity contribution >= 4 is 41.0 Å². The number of rotatable bonds is 3. The highest BCUT2D eigenvalue weighted by molar-refractivity contribution is 14.1. The fourth-order valence-electron chi connectivity index (χ4n) is 1.19. The topological polar surface area (TPSA) is 63.3 Å². The van der Waals surface area contributed by atoms with Crippen molar-refractivity contribution < 1.29 is 9.90 Å². The molecule has 0 heterocycles. The molecular formula is C10H13ClINO2. The van der Waals surface area contributed by atoms with Crippen molar-refractivity contribution in [1.29, 1.82) is 0 Å². The van der Waals surface area contributed by atoms with E-state index in [1.807, 2.05) is 31.2 Å². The molecule has 0 aliphatic rings. The van der Waals surface area contributed by atoms with Crippen LogP contribution in [0.5, 0.6) is 0 Å². The summed E-state index contributed by atoms with van der Waals surface area (Å²) in [6, 6.07) is 6.88. The van der Waals surface area contributed by atoms with E-state index in [2.05, 4.69) is 22.6 Å². The quantitative estimate of drug-likeness (QED) is 0.829. The van der Waals surface area contributed by atoms with Gasteiger partial charge in [-0.05, 0) is 40.3 Å². The number of nitrogens with two attached hydrogens (primary N) is 1. The molecule has 0 bridgehead atoms. The van der Waals surface area contributed by atoms with Gasteiger partial charge >= 0.3 is 5.97 Å². The summed E-state index contributed by atoms with van der Waals surface area (Å²) in [5.41, 5.74) is 6.49. The van der Waals surface area contributed by atoms with Crippen molar-refractivity contribution in [3.63, 3.8) is 0 Å². The lowest BCUT2D eigenvalue weighted by Crippen LogP contribution is -2.35. The fourth-order valence-corrected chi connectivity index (χ4v) is 1.55. The number of carbonyl (C=O) groups is 1. The molecule has 1 aromatic rings. The molecule has 2 atom stereocenters. The third kappa shape index (κ3) is 3.96. The van der Waals surface area contributed by atoms with Crippen LogP contribution < -0.4 is 5.73 Å². The minimum atomic E-state index is -0.962. The zero-order valence-electron chi connectivity index (χ0n) is 8.18. The van der Waals surface area contributed by atoms with Gasteiger partial charge in [0.1, 0.15) is 6.04 Å². The maximum absolute atomic E-state index is 10.7.